The number of ether oxygens (including phenoxy) is 1. The van der Waals surface area contributed by atoms with Crippen molar-refractivity contribution in [1.82, 2.24) is 4.98 Å². The second-order valence-corrected chi connectivity index (χ2v) is 4.53. The van der Waals surface area contributed by atoms with Crippen LogP contribution < -0.4 is 5.32 Å². The molecule has 0 fully saturated rings. The van der Waals surface area contributed by atoms with Gasteiger partial charge >= 0.3 is 5.97 Å². The average molecular weight is 291 g/mol. The fraction of sp³-hybridized carbons (Fsp3) is 0.200. The van der Waals surface area contributed by atoms with Crippen molar-refractivity contribution in [3.8, 4) is 0 Å². The number of rotatable bonds is 5. The summed E-state index contributed by atoms with van der Waals surface area (Å²) in [4.78, 5) is 15.6. The summed E-state index contributed by atoms with van der Waals surface area (Å²) in [7, 11) is 0. The molecule has 1 heterocycles. The Kier molecular flexibility index (Phi) is 4.96. The van der Waals surface area contributed by atoms with Crippen LogP contribution in [-0.4, -0.2) is 17.6 Å². The minimum atomic E-state index is -0.374. The number of anilines is 1. The Hall–Kier alpha value is -2.07. The fourth-order valence-corrected chi connectivity index (χ4v) is 1.90. The van der Waals surface area contributed by atoms with E-state index in [2.05, 4.69) is 10.3 Å². The Morgan fingerprint density at radius 3 is 2.90 bits per heavy atom. The van der Waals surface area contributed by atoms with Gasteiger partial charge in [-0.3, -0.25) is 4.98 Å². The SMILES string of the molecule is CCOC(=O)c1cncc(NCc2ccccc2Cl)c1. The first-order chi connectivity index (χ1) is 9.70. The fourth-order valence-electron chi connectivity index (χ4n) is 1.70. The monoisotopic (exact) mass is 290 g/mol. The average Bonchev–Trinajstić information content (AvgIpc) is 2.47. The van der Waals surface area contributed by atoms with Gasteiger partial charge in [-0.1, -0.05) is 29.8 Å². The summed E-state index contributed by atoms with van der Waals surface area (Å²) >= 11 is 6.08. The van der Waals surface area contributed by atoms with Gasteiger partial charge in [0, 0.05) is 24.0 Å². The van der Waals surface area contributed by atoms with E-state index in [-0.39, 0.29) is 5.97 Å². The standard InChI is InChI=1S/C15H15ClN2O2/c1-2-20-15(19)12-7-13(10-17-8-12)18-9-11-5-3-4-6-14(11)16/h3-8,10,18H,2,9H2,1H3. The van der Waals surface area contributed by atoms with Gasteiger partial charge in [-0.25, -0.2) is 4.79 Å². The lowest BCUT2D eigenvalue weighted by Gasteiger charge is -2.09. The largest absolute Gasteiger partial charge is 0.462 e. The van der Waals surface area contributed by atoms with Gasteiger partial charge in [0.2, 0.25) is 0 Å². The van der Waals surface area contributed by atoms with Crippen molar-refractivity contribution in [2.75, 3.05) is 11.9 Å². The topological polar surface area (TPSA) is 51.2 Å². The van der Waals surface area contributed by atoms with Gasteiger partial charge in [0.1, 0.15) is 0 Å². The summed E-state index contributed by atoms with van der Waals surface area (Å²) in [6.45, 7) is 2.68. The number of benzene rings is 1. The molecule has 20 heavy (non-hydrogen) atoms. The molecule has 0 saturated heterocycles. The maximum Gasteiger partial charge on any atom is 0.339 e. The first-order valence-electron chi connectivity index (χ1n) is 6.30. The molecule has 0 unspecified atom stereocenters. The Morgan fingerprint density at radius 1 is 1.35 bits per heavy atom. The number of hydrogen-bond donors (Lipinski definition) is 1. The summed E-state index contributed by atoms with van der Waals surface area (Å²) in [6, 6.07) is 9.30. The molecular formula is C15H15ClN2O2. The van der Waals surface area contributed by atoms with Crippen LogP contribution in [-0.2, 0) is 11.3 Å². The molecule has 0 aliphatic heterocycles. The molecule has 0 aliphatic rings. The molecule has 5 heteroatoms. The normalized spacial score (nSPS) is 10.1. The van der Waals surface area contributed by atoms with Gasteiger partial charge in [-0.15, -0.1) is 0 Å². The zero-order chi connectivity index (χ0) is 14.4. The molecular weight excluding hydrogens is 276 g/mol. The lowest BCUT2D eigenvalue weighted by Crippen LogP contribution is -2.07. The molecule has 0 atom stereocenters. The summed E-state index contributed by atoms with van der Waals surface area (Å²) < 4.78 is 4.94. The van der Waals surface area contributed by atoms with Gasteiger partial charge in [0.05, 0.1) is 17.9 Å². The molecule has 1 N–H and O–H groups in total. The van der Waals surface area contributed by atoms with Gasteiger partial charge in [-0.05, 0) is 24.6 Å². The van der Waals surface area contributed by atoms with E-state index in [9.17, 15) is 4.79 Å². The van der Waals surface area contributed by atoms with Crippen LogP contribution in [0.1, 0.15) is 22.8 Å². The highest BCUT2D eigenvalue weighted by atomic mass is 35.5. The van der Waals surface area contributed by atoms with Crippen LogP contribution in [0.2, 0.25) is 5.02 Å². The Morgan fingerprint density at radius 2 is 2.15 bits per heavy atom. The number of nitrogens with one attached hydrogen (secondary N) is 1. The maximum atomic E-state index is 11.6. The number of carbonyl (C=O) groups is 1. The molecule has 1 aromatic carbocycles. The van der Waals surface area contributed by atoms with E-state index in [4.69, 9.17) is 16.3 Å². The smallest absolute Gasteiger partial charge is 0.339 e. The first kappa shape index (κ1) is 14.3. The number of nitrogens with zero attached hydrogens (tertiary/aromatic N) is 1. The molecule has 4 nitrogen and oxygen atoms in total. The lowest BCUT2D eigenvalue weighted by atomic mass is 10.2. The Labute approximate surface area is 122 Å². The molecule has 0 aliphatic carbocycles. The van der Waals surface area contributed by atoms with Crippen LogP contribution in [0.25, 0.3) is 0 Å². The summed E-state index contributed by atoms with van der Waals surface area (Å²) in [5.74, 6) is -0.374. The highest BCUT2D eigenvalue weighted by Gasteiger charge is 2.07. The van der Waals surface area contributed by atoms with E-state index >= 15 is 0 Å². The van der Waals surface area contributed by atoms with Crippen LogP contribution in [0.4, 0.5) is 5.69 Å². The number of carbonyl (C=O) groups excluding carboxylic acids is 1. The third kappa shape index (κ3) is 3.71. The number of pyridine rings is 1. The van der Waals surface area contributed by atoms with Crippen LogP contribution in [0.15, 0.2) is 42.7 Å². The minimum absolute atomic E-state index is 0.343. The second kappa shape index (κ2) is 6.91. The van der Waals surface area contributed by atoms with Gasteiger partial charge in [0.15, 0.2) is 0 Å². The predicted octanol–water partition coefficient (Wildman–Crippen LogP) is 3.52. The number of esters is 1. The first-order valence-corrected chi connectivity index (χ1v) is 6.68. The quantitative estimate of drug-likeness (QED) is 0.856. The molecule has 0 bridgehead atoms. The van der Waals surface area contributed by atoms with E-state index in [1.54, 1.807) is 19.2 Å². The molecule has 0 spiro atoms. The van der Waals surface area contributed by atoms with Crippen LogP contribution in [0.5, 0.6) is 0 Å². The molecule has 0 amide bonds. The Bertz CT molecular complexity index is 602. The van der Waals surface area contributed by atoms with Crippen molar-refractivity contribution in [2.45, 2.75) is 13.5 Å². The molecule has 1 aromatic heterocycles. The van der Waals surface area contributed by atoms with E-state index in [1.807, 2.05) is 24.3 Å². The van der Waals surface area contributed by atoms with Crippen molar-refractivity contribution >= 4 is 23.3 Å². The molecule has 2 rings (SSSR count). The predicted molar refractivity (Wildman–Crippen MR) is 79.0 cm³/mol. The molecule has 0 saturated carbocycles. The summed E-state index contributed by atoms with van der Waals surface area (Å²) in [6.07, 6.45) is 3.14. The molecule has 104 valence electrons. The highest BCUT2D eigenvalue weighted by Crippen LogP contribution is 2.17. The van der Waals surface area contributed by atoms with Crippen molar-refractivity contribution in [3.63, 3.8) is 0 Å². The van der Waals surface area contributed by atoms with Crippen molar-refractivity contribution in [3.05, 3.63) is 58.9 Å². The molecule has 2 aromatic rings. The van der Waals surface area contributed by atoms with E-state index in [1.165, 1.54) is 6.20 Å². The van der Waals surface area contributed by atoms with E-state index in [0.29, 0.717) is 23.7 Å². The van der Waals surface area contributed by atoms with Crippen LogP contribution in [0, 0.1) is 0 Å². The van der Waals surface area contributed by atoms with Crippen molar-refractivity contribution in [2.24, 2.45) is 0 Å². The Balaban J connectivity index is 2.05. The van der Waals surface area contributed by atoms with E-state index in [0.717, 1.165) is 11.3 Å². The van der Waals surface area contributed by atoms with E-state index < -0.39 is 0 Å². The number of aromatic nitrogens is 1. The molecule has 0 radical (unpaired) electrons. The van der Waals surface area contributed by atoms with Crippen LogP contribution >= 0.6 is 11.6 Å². The zero-order valence-electron chi connectivity index (χ0n) is 11.1. The summed E-state index contributed by atoms with van der Waals surface area (Å²) in [5, 5.41) is 3.89. The third-order valence-corrected chi connectivity index (χ3v) is 3.06. The maximum absolute atomic E-state index is 11.6. The second-order valence-electron chi connectivity index (χ2n) is 4.13. The van der Waals surface area contributed by atoms with Crippen LogP contribution in [0.3, 0.4) is 0 Å². The van der Waals surface area contributed by atoms with Gasteiger partial charge in [-0.2, -0.15) is 0 Å². The third-order valence-electron chi connectivity index (χ3n) is 2.69. The summed E-state index contributed by atoms with van der Waals surface area (Å²) in [5.41, 5.74) is 2.15. The van der Waals surface area contributed by atoms with Gasteiger partial charge in [0.25, 0.3) is 0 Å². The zero-order valence-corrected chi connectivity index (χ0v) is 11.9. The number of halogens is 1. The van der Waals surface area contributed by atoms with Crippen molar-refractivity contribution in [1.29, 1.82) is 0 Å². The minimum Gasteiger partial charge on any atom is -0.462 e. The van der Waals surface area contributed by atoms with Crippen molar-refractivity contribution < 1.29 is 9.53 Å². The lowest BCUT2D eigenvalue weighted by molar-refractivity contribution is 0.0526. The highest BCUT2D eigenvalue weighted by molar-refractivity contribution is 6.31. The van der Waals surface area contributed by atoms with Gasteiger partial charge < -0.3 is 10.1 Å². The number of hydrogen-bond acceptors (Lipinski definition) is 4.